The third kappa shape index (κ3) is 5.15. The number of anilines is 1. The van der Waals surface area contributed by atoms with Crippen LogP contribution in [0.3, 0.4) is 0 Å². The highest BCUT2D eigenvalue weighted by molar-refractivity contribution is 7.99. The molecule has 0 aliphatic carbocycles. The van der Waals surface area contributed by atoms with Gasteiger partial charge in [0, 0.05) is 31.9 Å². The van der Waals surface area contributed by atoms with Gasteiger partial charge in [-0.3, -0.25) is 4.79 Å². The number of benzene rings is 2. The number of amides is 1. The topological polar surface area (TPSA) is 97.2 Å². The summed E-state index contributed by atoms with van der Waals surface area (Å²) in [7, 11) is -0.646. The Morgan fingerprint density at radius 1 is 1.13 bits per heavy atom. The average molecular weight is 460 g/mol. The van der Waals surface area contributed by atoms with Gasteiger partial charge in [0.2, 0.25) is 15.9 Å². The summed E-state index contributed by atoms with van der Waals surface area (Å²) in [5.74, 6) is 0.619. The number of nitrogens with one attached hydrogen (secondary N) is 1. The molecule has 10 heteroatoms. The molecule has 3 aromatic rings. The van der Waals surface area contributed by atoms with Gasteiger partial charge in [0.25, 0.3) is 0 Å². The highest BCUT2D eigenvalue weighted by atomic mass is 32.2. The number of hydrogen-bond acceptors (Lipinski definition) is 6. The van der Waals surface area contributed by atoms with Crippen LogP contribution < -0.4 is 5.32 Å². The summed E-state index contributed by atoms with van der Waals surface area (Å²) in [6, 6.07) is 14.6. The summed E-state index contributed by atoms with van der Waals surface area (Å²) < 4.78 is 28.1. The molecule has 8 nitrogen and oxygen atoms in total. The Bertz CT molecular complexity index is 1170. The first kappa shape index (κ1) is 23.0. The lowest BCUT2D eigenvalue weighted by molar-refractivity contribution is -0.113. The predicted molar refractivity (Wildman–Crippen MR) is 123 cm³/mol. The molecule has 1 amide bonds. The number of aromatic nitrogens is 3. The lowest BCUT2D eigenvalue weighted by Crippen LogP contribution is -2.23. The molecule has 0 saturated heterocycles. The molecule has 0 aliphatic rings. The van der Waals surface area contributed by atoms with E-state index in [-0.39, 0.29) is 16.6 Å². The second-order valence-electron chi connectivity index (χ2n) is 7.02. The number of thioether (sulfide) groups is 1. The summed E-state index contributed by atoms with van der Waals surface area (Å²) in [5, 5.41) is 11.9. The van der Waals surface area contributed by atoms with E-state index in [1.54, 1.807) is 19.1 Å². The Morgan fingerprint density at radius 2 is 1.84 bits per heavy atom. The minimum atomic E-state index is -3.60. The lowest BCUT2D eigenvalue weighted by atomic mass is 10.2. The highest BCUT2D eigenvalue weighted by Crippen LogP contribution is 2.25. The van der Waals surface area contributed by atoms with Gasteiger partial charge in [-0.15, -0.1) is 10.2 Å². The van der Waals surface area contributed by atoms with Gasteiger partial charge in [0.1, 0.15) is 0 Å². The van der Waals surface area contributed by atoms with Crippen LogP contribution in [0.2, 0.25) is 0 Å². The van der Waals surface area contributed by atoms with Gasteiger partial charge >= 0.3 is 0 Å². The van der Waals surface area contributed by atoms with E-state index in [1.165, 1.54) is 31.9 Å². The SMILES string of the molecule is CCn1c(SCC(=O)Nc2ccc(C)c(S(=O)(=O)N(C)C)c2)nnc1-c1ccccc1. The van der Waals surface area contributed by atoms with Gasteiger partial charge in [-0.05, 0) is 31.5 Å². The van der Waals surface area contributed by atoms with E-state index in [1.807, 2.05) is 41.8 Å². The smallest absolute Gasteiger partial charge is 0.242 e. The number of sulfonamides is 1. The zero-order valence-corrected chi connectivity index (χ0v) is 19.5. The zero-order chi connectivity index (χ0) is 22.6. The van der Waals surface area contributed by atoms with Gasteiger partial charge in [0.15, 0.2) is 11.0 Å². The van der Waals surface area contributed by atoms with Crippen molar-refractivity contribution in [2.75, 3.05) is 25.2 Å². The van der Waals surface area contributed by atoms with Gasteiger partial charge in [-0.25, -0.2) is 12.7 Å². The largest absolute Gasteiger partial charge is 0.325 e. The molecule has 0 fully saturated rings. The third-order valence-electron chi connectivity index (χ3n) is 4.63. The monoisotopic (exact) mass is 459 g/mol. The number of aryl methyl sites for hydroxylation is 1. The Hall–Kier alpha value is -2.69. The zero-order valence-electron chi connectivity index (χ0n) is 17.9. The van der Waals surface area contributed by atoms with E-state index >= 15 is 0 Å². The van der Waals surface area contributed by atoms with E-state index in [4.69, 9.17) is 0 Å². The average Bonchev–Trinajstić information content (AvgIpc) is 3.17. The fourth-order valence-corrected chi connectivity index (χ4v) is 4.91. The van der Waals surface area contributed by atoms with Crippen LogP contribution in [0.25, 0.3) is 11.4 Å². The molecule has 0 saturated carbocycles. The van der Waals surface area contributed by atoms with Crippen molar-refractivity contribution in [2.24, 2.45) is 0 Å². The van der Waals surface area contributed by atoms with Crippen molar-refractivity contribution < 1.29 is 13.2 Å². The molecule has 1 N–H and O–H groups in total. The quantitative estimate of drug-likeness (QED) is 0.520. The maximum Gasteiger partial charge on any atom is 0.242 e. The molecule has 31 heavy (non-hydrogen) atoms. The van der Waals surface area contributed by atoms with Crippen molar-refractivity contribution in [1.29, 1.82) is 0 Å². The van der Waals surface area contributed by atoms with Crippen LogP contribution in [-0.2, 0) is 21.4 Å². The van der Waals surface area contributed by atoms with E-state index in [9.17, 15) is 13.2 Å². The van der Waals surface area contributed by atoms with E-state index in [2.05, 4.69) is 15.5 Å². The van der Waals surface area contributed by atoms with E-state index in [0.29, 0.717) is 23.0 Å². The highest BCUT2D eigenvalue weighted by Gasteiger charge is 2.21. The molecule has 0 spiro atoms. The first-order chi connectivity index (χ1) is 14.7. The number of carbonyl (C=O) groups excluding carboxylic acids is 1. The van der Waals surface area contributed by atoms with Gasteiger partial charge in [0.05, 0.1) is 10.6 Å². The normalized spacial score (nSPS) is 11.6. The molecule has 0 aliphatic heterocycles. The molecule has 3 rings (SSSR count). The minimum absolute atomic E-state index is 0.122. The van der Waals surface area contributed by atoms with Crippen molar-refractivity contribution in [3.63, 3.8) is 0 Å². The van der Waals surface area contributed by atoms with Crippen LogP contribution in [0.15, 0.2) is 58.6 Å². The summed E-state index contributed by atoms with van der Waals surface area (Å²) >= 11 is 1.28. The number of hydrogen-bond donors (Lipinski definition) is 1. The standard InChI is InChI=1S/C21H25N5O3S2/c1-5-26-20(16-9-7-6-8-10-16)23-24-21(26)30-14-19(27)22-17-12-11-15(2)18(13-17)31(28,29)25(3)4/h6-13H,5,14H2,1-4H3,(H,22,27). The Balaban J connectivity index is 1.71. The Labute approximate surface area is 186 Å². The van der Waals surface area contributed by atoms with Gasteiger partial charge < -0.3 is 9.88 Å². The molecule has 1 aromatic heterocycles. The third-order valence-corrected chi connectivity index (χ3v) is 7.55. The first-order valence-electron chi connectivity index (χ1n) is 9.68. The van der Waals surface area contributed by atoms with Crippen molar-refractivity contribution in [3.05, 3.63) is 54.1 Å². The second kappa shape index (κ2) is 9.63. The predicted octanol–water partition coefficient (Wildman–Crippen LogP) is 3.25. The van der Waals surface area contributed by atoms with E-state index < -0.39 is 10.0 Å². The van der Waals surface area contributed by atoms with Crippen LogP contribution in [0.5, 0.6) is 0 Å². The van der Waals surface area contributed by atoms with Crippen molar-refractivity contribution in [1.82, 2.24) is 19.1 Å². The molecule has 0 radical (unpaired) electrons. The molecular weight excluding hydrogens is 434 g/mol. The molecule has 2 aromatic carbocycles. The fourth-order valence-electron chi connectivity index (χ4n) is 2.96. The van der Waals surface area contributed by atoms with Crippen LogP contribution in [0, 0.1) is 6.92 Å². The van der Waals surface area contributed by atoms with Crippen LogP contribution >= 0.6 is 11.8 Å². The van der Waals surface area contributed by atoms with Crippen LogP contribution in [0.4, 0.5) is 5.69 Å². The minimum Gasteiger partial charge on any atom is -0.325 e. The number of carbonyl (C=O) groups is 1. The van der Waals surface area contributed by atoms with Crippen LogP contribution in [0.1, 0.15) is 12.5 Å². The van der Waals surface area contributed by atoms with Gasteiger partial charge in [-0.2, -0.15) is 0 Å². The summed E-state index contributed by atoms with van der Waals surface area (Å²) in [4.78, 5) is 12.7. The van der Waals surface area contributed by atoms with E-state index in [0.717, 1.165) is 15.7 Å². The second-order valence-corrected chi connectivity index (χ2v) is 10.1. The van der Waals surface area contributed by atoms with Crippen LogP contribution in [-0.4, -0.2) is 53.2 Å². The lowest BCUT2D eigenvalue weighted by Gasteiger charge is -2.15. The molecular formula is C21H25N5O3S2. The Kier molecular flexibility index (Phi) is 7.14. The van der Waals surface area contributed by atoms with Crippen molar-refractivity contribution >= 4 is 33.4 Å². The molecule has 0 unspecified atom stereocenters. The van der Waals surface area contributed by atoms with Crippen molar-refractivity contribution in [2.45, 2.75) is 30.4 Å². The maximum atomic E-state index is 12.5. The Morgan fingerprint density at radius 3 is 2.48 bits per heavy atom. The summed E-state index contributed by atoms with van der Waals surface area (Å²) in [6.07, 6.45) is 0. The molecule has 0 bridgehead atoms. The molecule has 164 valence electrons. The number of rotatable bonds is 8. The summed E-state index contributed by atoms with van der Waals surface area (Å²) in [5.41, 5.74) is 2.01. The van der Waals surface area contributed by atoms with Crippen molar-refractivity contribution in [3.8, 4) is 11.4 Å². The summed E-state index contributed by atoms with van der Waals surface area (Å²) in [6.45, 7) is 4.39. The number of nitrogens with zero attached hydrogens (tertiary/aromatic N) is 4. The maximum absolute atomic E-state index is 12.5. The first-order valence-corrected chi connectivity index (χ1v) is 12.1. The molecule has 0 atom stereocenters. The van der Waals surface area contributed by atoms with Gasteiger partial charge in [-0.1, -0.05) is 48.2 Å². The molecule has 1 heterocycles. The fraction of sp³-hybridized carbons (Fsp3) is 0.286.